The second-order valence-corrected chi connectivity index (χ2v) is 5.57. The van der Waals surface area contributed by atoms with Gasteiger partial charge < -0.3 is 10.6 Å². The SMILES string of the molecule is CNC(=O)Nc1ccc(-n2[nH]c3c(cnc4ccccc43)c2=O)cc1. The van der Waals surface area contributed by atoms with Crippen LogP contribution in [0.15, 0.2) is 59.5 Å². The van der Waals surface area contributed by atoms with Crippen molar-refractivity contribution in [1.82, 2.24) is 20.1 Å². The topological polar surface area (TPSA) is 91.8 Å². The van der Waals surface area contributed by atoms with Crippen molar-refractivity contribution in [1.29, 1.82) is 0 Å². The van der Waals surface area contributed by atoms with E-state index in [0.717, 1.165) is 16.4 Å². The molecule has 0 radical (unpaired) electrons. The van der Waals surface area contributed by atoms with Crippen LogP contribution in [-0.2, 0) is 0 Å². The first-order valence-electron chi connectivity index (χ1n) is 7.75. The zero-order valence-corrected chi connectivity index (χ0v) is 13.4. The third-order valence-electron chi connectivity index (χ3n) is 4.04. The molecular formula is C18H15N5O2. The molecule has 0 saturated carbocycles. The van der Waals surface area contributed by atoms with E-state index in [1.807, 2.05) is 24.3 Å². The first-order chi connectivity index (χ1) is 12.2. The van der Waals surface area contributed by atoms with Gasteiger partial charge in [0, 0.05) is 24.3 Å². The Kier molecular flexibility index (Phi) is 3.46. The summed E-state index contributed by atoms with van der Waals surface area (Å²) in [4.78, 5) is 28.4. The van der Waals surface area contributed by atoms with Crippen molar-refractivity contribution in [3.8, 4) is 5.69 Å². The number of hydrogen-bond acceptors (Lipinski definition) is 3. The Morgan fingerprint density at radius 2 is 1.84 bits per heavy atom. The summed E-state index contributed by atoms with van der Waals surface area (Å²) in [7, 11) is 1.55. The molecule has 2 amide bonds. The van der Waals surface area contributed by atoms with Gasteiger partial charge in [0.1, 0.15) is 0 Å². The lowest BCUT2D eigenvalue weighted by Gasteiger charge is -2.06. The lowest BCUT2D eigenvalue weighted by Crippen LogP contribution is -2.24. The molecule has 0 atom stereocenters. The summed E-state index contributed by atoms with van der Waals surface area (Å²) in [5, 5.41) is 9.75. The highest BCUT2D eigenvalue weighted by atomic mass is 16.2. The highest BCUT2D eigenvalue weighted by molar-refractivity contribution is 6.02. The van der Waals surface area contributed by atoms with Gasteiger partial charge in [-0.25, -0.2) is 9.48 Å². The van der Waals surface area contributed by atoms with E-state index >= 15 is 0 Å². The Morgan fingerprint density at radius 1 is 1.08 bits per heavy atom. The number of nitrogens with zero attached hydrogens (tertiary/aromatic N) is 2. The highest BCUT2D eigenvalue weighted by Gasteiger charge is 2.11. The van der Waals surface area contributed by atoms with Gasteiger partial charge in [-0.3, -0.25) is 14.9 Å². The lowest BCUT2D eigenvalue weighted by atomic mass is 10.2. The van der Waals surface area contributed by atoms with Gasteiger partial charge in [-0.2, -0.15) is 0 Å². The molecule has 2 aromatic heterocycles. The zero-order valence-electron chi connectivity index (χ0n) is 13.4. The predicted molar refractivity (Wildman–Crippen MR) is 97.3 cm³/mol. The molecule has 0 fully saturated rings. The molecule has 2 aromatic carbocycles. The molecular weight excluding hydrogens is 318 g/mol. The van der Waals surface area contributed by atoms with Crippen LogP contribution in [0.1, 0.15) is 0 Å². The second kappa shape index (κ2) is 5.79. The number of nitrogens with one attached hydrogen (secondary N) is 3. The number of hydrogen-bond donors (Lipinski definition) is 3. The Morgan fingerprint density at radius 3 is 2.60 bits per heavy atom. The molecule has 0 bridgehead atoms. The minimum atomic E-state index is -0.298. The minimum Gasteiger partial charge on any atom is -0.341 e. The number of rotatable bonds is 2. The standard InChI is InChI=1S/C18H15N5O2/c1-19-18(25)21-11-6-8-12(9-7-11)23-17(24)14-10-20-15-5-3-2-4-13(15)16(14)22-23/h2-10,22H,1H3,(H2,19,21,25). The Balaban J connectivity index is 1.81. The molecule has 3 N–H and O–H groups in total. The molecule has 0 aliphatic carbocycles. The molecule has 124 valence electrons. The molecule has 4 aromatic rings. The molecule has 0 spiro atoms. The first kappa shape index (κ1) is 14.9. The Hall–Kier alpha value is -3.61. The van der Waals surface area contributed by atoms with Crippen LogP contribution in [0.2, 0.25) is 0 Å². The van der Waals surface area contributed by atoms with Crippen LogP contribution < -0.4 is 16.2 Å². The minimum absolute atomic E-state index is 0.166. The number of anilines is 1. The van der Waals surface area contributed by atoms with Crippen LogP contribution in [0.5, 0.6) is 0 Å². The molecule has 0 aliphatic rings. The van der Waals surface area contributed by atoms with E-state index in [2.05, 4.69) is 20.7 Å². The number of benzene rings is 2. The third kappa shape index (κ3) is 2.51. The zero-order chi connectivity index (χ0) is 17.4. The van der Waals surface area contributed by atoms with E-state index in [-0.39, 0.29) is 11.6 Å². The maximum Gasteiger partial charge on any atom is 0.318 e. The van der Waals surface area contributed by atoms with Crippen LogP contribution >= 0.6 is 0 Å². The lowest BCUT2D eigenvalue weighted by molar-refractivity contribution is 0.254. The first-order valence-corrected chi connectivity index (χ1v) is 7.75. The molecule has 7 heteroatoms. The fourth-order valence-corrected chi connectivity index (χ4v) is 2.78. The van der Waals surface area contributed by atoms with Crippen molar-refractivity contribution in [2.24, 2.45) is 0 Å². The number of carbonyl (C=O) groups is 1. The van der Waals surface area contributed by atoms with E-state index in [4.69, 9.17) is 0 Å². The summed E-state index contributed by atoms with van der Waals surface area (Å²) >= 11 is 0. The maximum absolute atomic E-state index is 12.7. The van der Waals surface area contributed by atoms with Gasteiger partial charge in [-0.1, -0.05) is 18.2 Å². The maximum atomic E-state index is 12.7. The number of para-hydroxylation sites is 1. The van der Waals surface area contributed by atoms with Gasteiger partial charge in [-0.15, -0.1) is 0 Å². The van der Waals surface area contributed by atoms with Gasteiger partial charge >= 0.3 is 6.03 Å². The molecule has 0 saturated heterocycles. The van der Waals surface area contributed by atoms with Gasteiger partial charge in [0.25, 0.3) is 5.56 Å². The molecule has 4 rings (SSSR count). The van der Waals surface area contributed by atoms with Crippen molar-refractivity contribution in [2.45, 2.75) is 0 Å². The van der Waals surface area contributed by atoms with E-state index < -0.39 is 0 Å². The largest absolute Gasteiger partial charge is 0.341 e. The van der Waals surface area contributed by atoms with Crippen molar-refractivity contribution in [3.63, 3.8) is 0 Å². The molecule has 0 unspecified atom stereocenters. The van der Waals surface area contributed by atoms with E-state index in [9.17, 15) is 9.59 Å². The van der Waals surface area contributed by atoms with Crippen LogP contribution in [0.25, 0.3) is 27.5 Å². The van der Waals surface area contributed by atoms with Crippen molar-refractivity contribution < 1.29 is 4.79 Å². The number of H-pyrrole nitrogens is 1. The molecule has 2 heterocycles. The number of carbonyl (C=O) groups excluding carboxylic acids is 1. The quantitative estimate of drug-likeness (QED) is 0.526. The highest BCUT2D eigenvalue weighted by Crippen LogP contribution is 2.21. The second-order valence-electron chi connectivity index (χ2n) is 5.57. The van der Waals surface area contributed by atoms with Gasteiger partial charge in [-0.05, 0) is 30.3 Å². The monoisotopic (exact) mass is 333 g/mol. The fraction of sp³-hybridized carbons (Fsp3) is 0.0556. The van der Waals surface area contributed by atoms with Crippen molar-refractivity contribution in [2.75, 3.05) is 12.4 Å². The number of aromatic amines is 1. The summed E-state index contributed by atoms with van der Waals surface area (Å²) in [6.07, 6.45) is 1.59. The van der Waals surface area contributed by atoms with Gasteiger partial charge in [0.05, 0.1) is 22.1 Å². The number of urea groups is 1. The average molecular weight is 333 g/mol. The van der Waals surface area contributed by atoms with Crippen LogP contribution in [-0.4, -0.2) is 27.8 Å². The fourth-order valence-electron chi connectivity index (χ4n) is 2.78. The number of fused-ring (bicyclic) bond motifs is 3. The van der Waals surface area contributed by atoms with Crippen molar-refractivity contribution >= 4 is 33.5 Å². The van der Waals surface area contributed by atoms with Gasteiger partial charge in [0.15, 0.2) is 0 Å². The normalized spacial score (nSPS) is 10.9. The number of amides is 2. The van der Waals surface area contributed by atoms with E-state index in [1.54, 1.807) is 37.5 Å². The van der Waals surface area contributed by atoms with Crippen LogP contribution in [0.3, 0.4) is 0 Å². The molecule has 0 aliphatic heterocycles. The third-order valence-corrected chi connectivity index (χ3v) is 4.04. The number of aromatic nitrogens is 3. The Labute approximate surface area is 142 Å². The summed E-state index contributed by atoms with van der Waals surface area (Å²) < 4.78 is 1.47. The van der Waals surface area contributed by atoms with Crippen LogP contribution in [0, 0.1) is 0 Å². The average Bonchev–Trinajstić information content (AvgIpc) is 2.99. The van der Waals surface area contributed by atoms with Gasteiger partial charge in [0.2, 0.25) is 0 Å². The van der Waals surface area contributed by atoms with E-state index in [1.165, 1.54) is 4.68 Å². The Bertz CT molecular complexity index is 1140. The molecule has 7 nitrogen and oxygen atoms in total. The summed E-state index contributed by atoms with van der Waals surface area (Å²) in [5.41, 5.74) is 2.73. The van der Waals surface area contributed by atoms with Crippen molar-refractivity contribution in [3.05, 3.63) is 65.1 Å². The summed E-state index contributed by atoms with van der Waals surface area (Å²) in [6.45, 7) is 0. The van der Waals surface area contributed by atoms with Crippen LogP contribution in [0.4, 0.5) is 10.5 Å². The predicted octanol–water partition coefficient (Wildman–Crippen LogP) is 2.62. The number of pyridine rings is 1. The summed E-state index contributed by atoms with van der Waals surface area (Å²) in [5.74, 6) is 0. The summed E-state index contributed by atoms with van der Waals surface area (Å²) in [6, 6.07) is 14.4. The van der Waals surface area contributed by atoms with E-state index in [0.29, 0.717) is 16.8 Å². The smallest absolute Gasteiger partial charge is 0.318 e. The molecule has 25 heavy (non-hydrogen) atoms.